The predicted octanol–water partition coefficient (Wildman–Crippen LogP) is 3.40. The summed E-state index contributed by atoms with van der Waals surface area (Å²) in [5.74, 6) is -0.308. The highest BCUT2D eigenvalue weighted by Crippen LogP contribution is 2.21. The predicted molar refractivity (Wildman–Crippen MR) is 95.2 cm³/mol. The number of halogens is 2. The van der Waals surface area contributed by atoms with Crippen LogP contribution in [0.1, 0.15) is 15.9 Å². The highest BCUT2D eigenvalue weighted by Gasteiger charge is 2.11. The third kappa shape index (κ3) is 5.53. The van der Waals surface area contributed by atoms with Crippen molar-refractivity contribution in [1.82, 2.24) is 5.32 Å². The Balaban J connectivity index is 2.07. The van der Waals surface area contributed by atoms with Gasteiger partial charge in [0.25, 0.3) is 5.91 Å². The number of rotatable bonds is 5. The van der Waals surface area contributed by atoms with Crippen LogP contribution in [0.5, 0.6) is 0 Å². The molecule has 0 bridgehead atoms. The lowest BCUT2D eigenvalue weighted by Gasteiger charge is -2.09. The molecule has 0 saturated heterocycles. The molecule has 0 aliphatic heterocycles. The Kier molecular flexibility index (Phi) is 5.67. The topological polar surface area (TPSA) is 75.3 Å². The SMILES string of the molecule is CS(=O)(=O)Nc1cccc(CNC(=O)c2cc(Br)ccc2Cl)c1. The Labute approximate surface area is 148 Å². The van der Waals surface area contributed by atoms with Crippen molar-refractivity contribution in [2.24, 2.45) is 0 Å². The third-order valence-corrected chi connectivity index (χ3v) is 4.29. The molecule has 1 amide bonds. The summed E-state index contributed by atoms with van der Waals surface area (Å²) in [5.41, 5.74) is 1.57. The van der Waals surface area contributed by atoms with Gasteiger partial charge in [-0.1, -0.05) is 39.7 Å². The van der Waals surface area contributed by atoms with Crippen LogP contribution in [0.3, 0.4) is 0 Å². The highest BCUT2D eigenvalue weighted by atomic mass is 79.9. The Morgan fingerprint density at radius 2 is 1.96 bits per heavy atom. The molecule has 0 radical (unpaired) electrons. The zero-order chi connectivity index (χ0) is 17.0. The number of amides is 1. The fourth-order valence-corrected chi connectivity index (χ4v) is 3.03. The highest BCUT2D eigenvalue weighted by molar-refractivity contribution is 9.10. The van der Waals surface area contributed by atoms with Gasteiger partial charge >= 0.3 is 0 Å². The minimum Gasteiger partial charge on any atom is -0.348 e. The summed E-state index contributed by atoms with van der Waals surface area (Å²) in [6, 6.07) is 11.8. The maximum absolute atomic E-state index is 12.2. The minimum absolute atomic E-state index is 0.251. The van der Waals surface area contributed by atoms with Gasteiger partial charge in [-0.15, -0.1) is 0 Å². The van der Waals surface area contributed by atoms with E-state index in [1.54, 1.807) is 42.5 Å². The van der Waals surface area contributed by atoms with Gasteiger partial charge in [0.15, 0.2) is 0 Å². The molecule has 23 heavy (non-hydrogen) atoms. The molecule has 0 aromatic heterocycles. The van der Waals surface area contributed by atoms with Crippen LogP contribution in [-0.2, 0) is 16.6 Å². The summed E-state index contributed by atoms with van der Waals surface area (Å²) >= 11 is 9.31. The molecule has 0 aliphatic carbocycles. The summed E-state index contributed by atoms with van der Waals surface area (Å²) in [4.78, 5) is 12.2. The number of anilines is 1. The lowest BCUT2D eigenvalue weighted by atomic mass is 10.2. The van der Waals surface area contributed by atoms with E-state index in [0.29, 0.717) is 16.3 Å². The van der Waals surface area contributed by atoms with Gasteiger partial charge in [-0.25, -0.2) is 8.42 Å². The number of sulfonamides is 1. The van der Waals surface area contributed by atoms with Gasteiger partial charge in [0.05, 0.1) is 16.8 Å². The second-order valence-electron chi connectivity index (χ2n) is 4.88. The van der Waals surface area contributed by atoms with Gasteiger partial charge in [-0.05, 0) is 35.9 Å². The van der Waals surface area contributed by atoms with E-state index in [0.717, 1.165) is 16.3 Å². The van der Waals surface area contributed by atoms with Crippen molar-refractivity contribution in [3.05, 3.63) is 63.1 Å². The van der Waals surface area contributed by atoms with E-state index in [2.05, 4.69) is 26.0 Å². The molecule has 0 saturated carbocycles. The molecule has 0 unspecified atom stereocenters. The van der Waals surface area contributed by atoms with Crippen molar-refractivity contribution in [3.63, 3.8) is 0 Å². The molecule has 2 aromatic rings. The fraction of sp³-hybridized carbons (Fsp3) is 0.133. The van der Waals surface area contributed by atoms with E-state index < -0.39 is 10.0 Å². The number of hydrogen-bond acceptors (Lipinski definition) is 3. The quantitative estimate of drug-likeness (QED) is 0.783. The van der Waals surface area contributed by atoms with Gasteiger partial charge in [-0.3, -0.25) is 9.52 Å². The number of nitrogens with one attached hydrogen (secondary N) is 2. The van der Waals surface area contributed by atoms with Crippen LogP contribution in [-0.4, -0.2) is 20.6 Å². The van der Waals surface area contributed by atoms with Crippen LogP contribution in [0.2, 0.25) is 5.02 Å². The largest absolute Gasteiger partial charge is 0.348 e. The molecule has 8 heteroatoms. The normalized spacial score (nSPS) is 11.1. The number of hydrogen-bond donors (Lipinski definition) is 2. The van der Waals surface area contributed by atoms with Gasteiger partial charge < -0.3 is 5.32 Å². The molecular formula is C15H14BrClN2O3S. The molecule has 0 heterocycles. The summed E-state index contributed by atoms with van der Waals surface area (Å²) in [6.07, 6.45) is 1.08. The number of carbonyl (C=O) groups is 1. The van der Waals surface area contributed by atoms with Gasteiger partial charge in [0, 0.05) is 16.7 Å². The van der Waals surface area contributed by atoms with Crippen molar-refractivity contribution in [1.29, 1.82) is 0 Å². The zero-order valence-electron chi connectivity index (χ0n) is 12.1. The van der Waals surface area contributed by atoms with Crippen LogP contribution in [0.15, 0.2) is 46.9 Å². The summed E-state index contributed by atoms with van der Waals surface area (Å²) < 4.78 is 25.6. The molecular weight excluding hydrogens is 404 g/mol. The molecule has 2 aromatic carbocycles. The van der Waals surface area contributed by atoms with Gasteiger partial charge in [0.2, 0.25) is 10.0 Å². The standard InChI is InChI=1S/C15H14BrClN2O3S/c1-23(21,22)19-12-4-2-3-10(7-12)9-18-15(20)13-8-11(16)5-6-14(13)17/h2-8,19H,9H2,1H3,(H,18,20). The number of benzene rings is 2. The van der Waals surface area contributed by atoms with E-state index in [4.69, 9.17) is 11.6 Å². The fourth-order valence-electron chi connectivity index (χ4n) is 1.91. The Hall–Kier alpha value is -1.57. The molecule has 2 rings (SSSR count). The van der Waals surface area contributed by atoms with E-state index in [9.17, 15) is 13.2 Å². The van der Waals surface area contributed by atoms with Crippen molar-refractivity contribution < 1.29 is 13.2 Å². The maximum Gasteiger partial charge on any atom is 0.253 e. The Morgan fingerprint density at radius 3 is 2.65 bits per heavy atom. The second kappa shape index (κ2) is 7.33. The lowest BCUT2D eigenvalue weighted by Crippen LogP contribution is -2.23. The Bertz CT molecular complexity index is 840. The van der Waals surface area contributed by atoms with E-state index >= 15 is 0 Å². The van der Waals surface area contributed by atoms with E-state index in [1.807, 2.05) is 0 Å². The summed E-state index contributed by atoms with van der Waals surface area (Å²) in [7, 11) is -3.34. The first-order chi connectivity index (χ1) is 10.7. The lowest BCUT2D eigenvalue weighted by molar-refractivity contribution is 0.0951. The van der Waals surface area contributed by atoms with E-state index in [-0.39, 0.29) is 12.5 Å². The molecule has 0 spiro atoms. The second-order valence-corrected chi connectivity index (χ2v) is 7.95. The molecule has 122 valence electrons. The van der Waals surface area contributed by atoms with Crippen LogP contribution in [0, 0.1) is 0 Å². The monoisotopic (exact) mass is 416 g/mol. The maximum atomic E-state index is 12.2. The van der Waals surface area contributed by atoms with Crippen molar-refractivity contribution in [2.75, 3.05) is 11.0 Å². The first-order valence-corrected chi connectivity index (χ1v) is 9.61. The summed E-state index contributed by atoms with van der Waals surface area (Å²) in [6.45, 7) is 0.251. The molecule has 0 aliphatic rings. The molecule has 0 fully saturated rings. The van der Waals surface area contributed by atoms with Crippen LogP contribution < -0.4 is 10.0 Å². The molecule has 2 N–H and O–H groups in total. The first kappa shape index (κ1) is 17.8. The van der Waals surface area contributed by atoms with Crippen LogP contribution in [0.4, 0.5) is 5.69 Å². The zero-order valence-corrected chi connectivity index (χ0v) is 15.3. The average Bonchev–Trinajstić information content (AvgIpc) is 2.46. The van der Waals surface area contributed by atoms with E-state index in [1.165, 1.54) is 0 Å². The van der Waals surface area contributed by atoms with Gasteiger partial charge in [-0.2, -0.15) is 0 Å². The smallest absolute Gasteiger partial charge is 0.253 e. The minimum atomic E-state index is -3.34. The average molecular weight is 418 g/mol. The first-order valence-electron chi connectivity index (χ1n) is 6.54. The number of carbonyl (C=O) groups excluding carboxylic acids is 1. The van der Waals surface area contributed by atoms with Crippen LogP contribution >= 0.6 is 27.5 Å². The van der Waals surface area contributed by atoms with Crippen LogP contribution in [0.25, 0.3) is 0 Å². The molecule has 5 nitrogen and oxygen atoms in total. The van der Waals surface area contributed by atoms with Crippen molar-refractivity contribution >= 4 is 49.1 Å². The van der Waals surface area contributed by atoms with Crippen molar-refractivity contribution in [3.8, 4) is 0 Å². The Morgan fingerprint density at radius 1 is 1.22 bits per heavy atom. The van der Waals surface area contributed by atoms with Crippen molar-refractivity contribution in [2.45, 2.75) is 6.54 Å². The van der Waals surface area contributed by atoms with Gasteiger partial charge in [0.1, 0.15) is 0 Å². The molecule has 0 atom stereocenters. The summed E-state index contributed by atoms with van der Waals surface area (Å²) in [5, 5.41) is 3.11. The third-order valence-electron chi connectivity index (χ3n) is 2.86.